The van der Waals surface area contributed by atoms with Gasteiger partial charge in [-0.3, -0.25) is 18.5 Å². The molecule has 226 valence electrons. The third kappa shape index (κ3) is 6.05. The summed E-state index contributed by atoms with van der Waals surface area (Å²) in [5.41, 5.74) is 8.68. The highest BCUT2D eigenvalue weighted by molar-refractivity contribution is 7.10. The van der Waals surface area contributed by atoms with Gasteiger partial charge in [0, 0.05) is 49.6 Å². The molecule has 2 saturated heterocycles. The van der Waals surface area contributed by atoms with E-state index < -0.39 is 0 Å². The van der Waals surface area contributed by atoms with E-state index in [1.165, 1.54) is 14.1 Å². The van der Waals surface area contributed by atoms with Crippen LogP contribution in [-0.4, -0.2) is 67.3 Å². The number of hydrogen-bond acceptors (Lipinski definition) is 8. The summed E-state index contributed by atoms with van der Waals surface area (Å²) in [6, 6.07) is 10.4. The summed E-state index contributed by atoms with van der Waals surface area (Å²) >= 11 is 1.76. The van der Waals surface area contributed by atoms with E-state index in [-0.39, 0.29) is 17.3 Å². The van der Waals surface area contributed by atoms with Gasteiger partial charge in [-0.25, -0.2) is 9.78 Å². The molecule has 0 amide bonds. The zero-order valence-corrected chi connectivity index (χ0v) is 25.9. The van der Waals surface area contributed by atoms with Gasteiger partial charge in [0.2, 0.25) is 5.95 Å². The Morgan fingerprint density at radius 3 is 2.56 bits per heavy atom. The molecule has 2 fully saturated rings. The van der Waals surface area contributed by atoms with Crippen LogP contribution in [0, 0.1) is 11.8 Å². The number of thiazole rings is 1. The summed E-state index contributed by atoms with van der Waals surface area (Å²) in [6.45, 7) is 6.77. The number of imidazole rings is 1. The Kier molecular flexibility index (Phi) is 8.79. The van der Waals surface area contributed by atoms with Gasteiger partial charge in [-0.05, 0) is 58.7 Å². The second kappa shape index (κ2) is 12.9. The molecule has 3 aromatic heterocycles. The Morgan fingerprint density at radius 2 is 1.81 bits per heavy atom. The number of likely N-dealkylation sites (tertiary alicyclic amines) is 1. The van der Waals surface area contributed by atoms with Gasteiger partial charge in [0.05, 0.1) is 17.2 Å². The maximum absolute atomic E-state index is 13.8. The zero-order chi connectivity index (χ0) is 29.9. The van der Waals surface area contributed by atoms with Crippen molar-refractivity contribution in [3.63, 3.8) is 0 Å². The molecule has 1 aromatic carbocycles. The van der Waals surface area contributed by atoms with Crippen molar-refractivity contribution in [3.05, 3.63) is 61.6 Å². The predicted molar refractivity (Wildman–Crippen MR) is 173 cm³/mol. The summed E-state index contributed by atoms with van der Waals surface area (Å²) in [5, 5.41) is 3.38. The van der Waals surface area contributed by atoms with Crippen molar-refractivity contribution in [1.29, 1.82) is 0 Å². The van der Waals surface area contributed by atoms with Crippen molar-refractivity contribution < 1.29 is 0 Å². The maximum Gasteiger partial charge on any atom is 0.332 e. The van der Waals surface area contributed by atoms with Crippen LogP contribution in [0.1, 0.15) is 50.0 Å². The van der Waals surface area contributed by atoms with Gasteiger partial charge in [-0.1, -0.05) is 36.3 Å². The van der Waals surface area contributed by atoms with Crippen molar-refractivity contribution in [2.45, 2.75) is 64.1 Å². The van der Waals surface area contributed by atoms with Crippen molar-refractivity contribution >= 4 is 28.4 Å². The van der Waals surface area contributed by atoms with Gasteiger partial charge in [0.1, 0.15) is 0 Å². The largest absolute Gasteiger partial charge is 0.341 e. The number of rotatable bonds is 8. The Labute approximate surface area is 255 Å². The Hall–Kier alpha value is -3.72. The summed E-state index contributed by atoms with van der Waals surface area (Å²) < 4.78 is 4.75. The number of aryl methyl sites for hydroxylation is 1. The molecular weight excluding hydrogens is 560 g/mol. The fraction of sp³-hybridized carbons (Fsp3) is 0.500. The van der Waals surface area contributed by atoms with Crippen LogP contribution in [0.15, 0.2) is 45.3 Å². The van der Waals surface area contributed by atoms with Gasteiger partial charge in [-0.2, -0.15) is 4.98 Å². The van der Waals surface area contributed by atoms with E-state index in [9.17, 15) is 9.59 Å². The number of piperidine rings is 2. The molecule has 2 N–H and O–H groups in total. The average molecular weight is 601 g/mol. The first-order chi connectivity index (χ1) is 20.9. The molecule has 10 nitrogen and oxygen atoms in total. The van der Waals surface area contributed by atoms with E-state index >= 15 is 0 Å². The Bertz CT molecular complexity index is 1750. The predicted octanol–water partition coefficient (Wildman–Crippen LogP) is 3.24. The molecule has 0 bridgehead atoms. The van der Waals surface area contributed by atoms with Gasteiger partial charge < -0.3 is 15.5 Å². The van der Waals surface area contributed by atoms with Gasteiger partial charge in [0.15, 0.2) is 11.2 Å². The smallest absolute Gasteiger partial charge is 0.332 e. The van der Waals surface area contributed by atoms with Gasteiger partial charge in [-0.15, -0.1) is 17.3 Å². The van der Waals surface area contributed by atoms with Gasteiger partial charge >= 0.3 is 5.69 Å². The molecule has 2 aliphatic rings. The quantitative estimate of drug-likeness (QED) is 0.310. The van der Waals surface area contributed by atoms with E-state index in [0.717, 1.165) is 69.5 Å². The van der Waals surface area contributed by atoms with Crippen LogP contribution in [0.25, 0.3) is 22.4 Å². The molecule has 5 heterocycles. The summed E-state index contributed by atoms with van der Waals surface area (Å²) in [6.07, 6.45) is 4.78. The Balaban J connectivity index is 1.14. The summed E-state index contributed by atoms with van der Waals surface area (Å²) in [5.74, 6) is 7.17. The molecular formula is C32H40N8O2S. The molecule has 1 atom stereocenters. The molecule has 43 heavy (non-hydrogen) atoms. The van der Waals surface area contributed by atoms with E-state index in [0.29, 0.717) is 42.7 Å². The maximum atomic E-state index is 13.8. The summed E-state index contributed by atoms with van der Waals surface area (Å²) in [4.78, 5) is 41.5. The lowest BCUT2D eigenvalue weighted by molar-refractivity contribution is 0.206. The second-order valence-electron chi connectivity index (χ2n) is 11.7. The third-order valence-corrected chi connectivity index (χ3v) is 9.76. The molecule has 0 unspecified atom stereocenters. The SMILES string of the molecule is CC#CCn1c(N2CCC[C@@H](N)C2)nc2c1c(=O)n(CCCN1CCC(c3nc(-c4ccccc4)cs3)CC1)c(=O)n2C. The minimum Gasteiger partial charge on any atom is -0.341 e. The minimum atomic E-state index is -0.331. The van der Waals surface area contributed by atoms with E-state index in [1.54, 1.807) is 25.3 Å². The fourth-order valence-corrected chi connectivity index (χ4v) is 7.37. The van der Waals surface area contributed by atoms with Crippen molar-refractivity contribution in [3.8, 4) is 23.1 Å². The molecule has 0 radical (unpaired) electrons. The number of fused-ring (bicyclic) bond motifs is 1. The van der Waals surface area contributed by atoms with Crippen molar-refractivity contribution in [1.82, 2.24) is 28.6 Å². The standard InChI is InChI=1S/C32H40N8O2S/c1-3-4-17-39-27-28(35-31(39)38-16-8-12-25(33)21-38)36(2)32(42)40(30(27)41)18-9-15-37-19-13-24(14-20-37)29-34-26(22-43-29)23-10-6-5-7-11-23/h5-7,10-11,22,24-25H,8-9,12-21,33H2,1-2H3/t25-/m1/s1. The van der Waals surface area contributed by atoms with Gasteiger partial charge in [0.25, 0.3) is 5.56 Å². The van der Waals surface area contributed by atoms with Crippen LogP contribution in [-0.2, 0) is 20.1 Å². The molecule has 2 aliphatic heterocycles. The highest BCUT2D eigenvalue weighted by Gasteiger charge is 2.27. The van der Waals surface area contributed by atoms with Crippen LogP contribution in [0.5, 0.6) is 0 Å². The van der Waals surface area contributed by atoms with Crippen LogP contribution in [0.4, 0.5) is 5.95 Å². The normalized spacial score (nSPS) is 18.2. The molecule has 6 rings (SSSR count). The lowest BCUT2D eigenvalue weighted by atomic mass is 9.97. The third-order valence-electron chi connectivity index (χ3n) is 8.75. The number of nitrogens with two attached hydrogens (primary N) is 1. The van der Waals surface area contributed by atoms with E-state index in [4.69, 9.17) is 15.7 Å². The minimum absolute atomic E-state index is 0.0538. The molecule has 0 saturated carbocycles. The topological polar surface area (TPSA) is 107 Å². The molecule has 4 aromatic rings. The number of anilines is 1. The number of nitrogens with zero attached hydrogens (tertiary/aromatic N) is 7. The number of aromatic nitrogens is 5. The fourth-order valence-electron chi connectivity index (χ4n) is 6.37. The molecule has 0 spiro atoms. The average Bonchev–Trinajstić information content (AvgIpc) is 3.68. The monoisotopic (exact) mass is 600 g/mol. The Morgan fingerprint density at radius 1 is 1.02 bits per heavy atom. The lowest BCUT2D eigenvalue weighted by Gasteiger charge is -2.31. The van der Waals surface area contributed by atoms with Crippen LogP contribution in [0.2, 0.25) is 0 Å². The van der Waals surface area contributed by atoms with E-state index in [1.807, 2.05) is 22.8 Å². The van der Waals surface area contributed by atoms with Crippen molar-refractivity contribution in [2.75, 3.05) is 37.6 Å². The second-order valence-corrected chi connectivity index (χ2v) is 12.5. The first-order valence-electron chi connectivity index (χ1n) is 15.3. The van der Waals surface area contributed by atoms with Crippen LogP contribution >= 0.6 is 11.3 Å². The number of benzene rings is 1. The highest BCUT2D eigenvalue weighted by atomic mass is 32.1. The van der Waals surface area contributed by atoms with Crippen LogP contribution < -0.4 is 21.9 Å². The lowest BCUT2D eigenvalue weighted by Crippen LogP contribution is -2.44. The first kappa shape index (κ1) is 29.4. The van der Waals surface area contributed by atoms with E-state index in [2.05, 4.69) is 39.2 Å². The van der Waals surface area contributed by atoms with Crippen molar-refractivity contribution in [2.24, 2.45) is 12.8 Å². The highest BCUT2D eigenvalue weighted by Crippen LogP contribution is 2.33. The number of hydrogen-bond donors (Lipinski definition) is 1. The zero-order valence-electron chi connectivity index (χ0n) is 25.0. The van der Waals surface area contributed by atoms with Crippen LogP contribution in [0.3, 0.4) is 0 Å². The summed E-state index contributed by atoms with van der Waals surface area (Å²) in [7, 11) is 1.70. The first-order valence-corrected chi connectivity index (χ1v) is 16.2. The molecule has 0 aliphatic carbocycles. The molecule has 11 heteroatoms.